The molecule has 4 nitrogen and oxygen atoms in total. The van der Waals surface area contributed by atoms with Crippen molar-refractivity contribution >= 4 is 16.8 Å². The topological polar surface area (TPSA) is 46.9 Å². The zero-order valence-corrected chi connectivity index (χ0v) is 16.7. The average Bonchev–Trinajstić information content (AvgIpc) is 3.12. The van der Waals surface area contributed by atoms with Crippen LogP contribution in [0.3, 0.4) is 0 Å². The smallest absolute Gasteiger partial charge is 0.220 e. The summed E-state index contributed by atoms with van der Waals surface area (Å²) in [6.07, 6.45) is 7.58. The minimum Gasteiger partial charge on any atom is -0.352 e. The van der Waals surface area contributed by atoms with Crippen LogP contribution in [0.2, 0.25) is 0 Å². The third-order valence-electron chi connectivity index (χ3n) is 5.23. The highest BCUT2D eigenvalue weighted by Gasteiger charge is 2.11. The molecule has 2 heterocycles. The standard InChI is InChI=1S/C25H24FN3O/c26-23-11-3-1-8-21(23)18-29-17-20(22-10-2-4-12-24(22)29)9-5-13-25(30)28-16-19-7-6-14-27-15-19/h1-4,6-8,10-12,14-15,17H,5,9,13,16,18H2,(H,28,30). The summed E-state index contributed by atoms with van der Waals surface area (Å²) in [5.74, 6) is -0.156. The van der Waals surface area contributed by atoms with E-state index in [0.717, 1.165) is 29.3 Å². The van der Waals surface area contributed by atoms with E-state index >= 15 is 0 Å². The Labute approximate surface area is 175 Å². The van der Waals surface area contributed by atoms with Gasteiger partial charge in [0, 0.05) is 48.0 Å². The molecule has 0 bridgehead atoms. The van der Waals surface area contributed by atoms with Crippen LogP contribution in [0.15, 0.2) is 79.3 Å². The van der Waals surface area contributed by atoms with E-state index in [1.165, 1.54) is 11.6 Å². The SMILES string of the molecule is O=C(CCCc1cn(Cc2ccccc2F)c2ccccc12)NCc1cccnc1. The minimum atomic E-state index is -0.192. The maximum Gasteiger partial charge on any atom is 0.220 e. The van der Waals surface area contributed by atoms with E-state index in [4.69, 9.17) is 0 Å². The maximum absolute atomic E-state index is 14.1. The van der Waals surface area contributed by atoms with Crippen molar-refractivity contribution in [3.05, 3.63) is 102 Å². The number of halogens is 1. The summed E-state index contributed by atoms with van der Waals surface area (Å²) in [6, 6.07) is 18.8. The fourth-order valence-electron chi connectivity index (χ4n) is 3.69. The van der Waals surface area contributed by atoms with Crippen molar-refractivity contribution in [2.45, 2.75) is 32.4 Å². The van der Waals surface area contributed by atoms with Gasteiger partial charge >= 0.3 is 0 Å². The van der Waals surface area contributed by atoms with Gasteiger partial charge in [0.15, 0.2) is 0 Å². The molecule has 0 aliphatic heterocycles. The number of carbonyl (C=O) groups is 1. The second-order valence-electron chi connectivity index (χ2n) is 7.38. The Hall–Kier alpha value is -3.47. The zero-order chi connectivity index (χ0) is 20.8. The van der Waals surface area contributed by atoms with E-state index in [2.05, 4.69) is 33.2 Å². The molecule has 5 heteroatoms. The van der Waals surface area contributed by atoms with Crippen molar-refractivity contribution in [3.63, 3.8) is 0 Å². The molecule has 0 aliphatic carbocycles. The molecule has 0 spiro atoms. The Kier molecular flexibility index (Phi) is 6.18. The van der Waals surface area contributed by atoms with Crippen LogP contribution in [-0.4, -0.2) is 15.5 Å². The molecule has 2 aromatic carbocycles. The van der Waals surface area contributed by atoms with Crippen molar-refractivity contribution in [1.29, 1.82) is 0 Å². The van der Waals surface area contributed by atoms with Gasteiger partial charge in [0.1, 0.15) is 5.82 Å². The van der Waals surface area contributed by atoms with E-state index in [1.54, 1.807) is 18.5 Å². The van der Waals surface area contributed by atoms with E-state index in [9.17, 15) is 9.18 Å². The number of benzene rings is 2. The predicted octanol–water partition coefficient (Wildman–Crippen LogP) is 4.86. The van der Waals surface area contributed by atoms with Crippen LogP contribution >= 0.6 is 0 Å². The summed E-state index contributed by atoms with van der Waals surface area (Å²) in [5, 5.41) is 4.10. The molecule has 30 heavy (non-hydrogen) atoms. The second kappa shape index (κ2) is 9.35. The van der Waals surface area contributed by atoms with Crippen molar-refractivity contribution in [2.24, 2.45) is 0 Å². The predicted molar refractivity (Wildman–Crippen MR) is 116 cm³/mol. The van der Waals surface area contributed by atoms with Crippen molar-refractivity contribution in [2.75, 3.05) is 0 Å². The number of hydrogen-bond donors (Lipinski definition) is 1. The summed E-state index contributed by atoms with van der Waals surface area (Å²) in [5.41, 5.74) is 3.92. The molecular formula is C25H24FN3O. The molecule has 0 radical (unpaired) electrons. The normalized spacial score (nSPS) is 11.0. The minimum absolute atomic E-state index is 0.0361. The molecule has 1 amide bonds. The molecule has 1 N–H and O–H groups in total. The first-order chi connectivity index (χ1) is 14.7. The first-order valence-electron chi connectivity index (χ1n) is 10.2. The number of rotatable bonds is 8. The van der Waals surface area contributed by atoms with Gasteiger partial charge in [0.05, 0.1) is 6.54 Å². The molecule has 2 aromatic heterocycles. The molecule has 0 saturated heterocycles. The average molecular weight is 401 g/mol. The molecule has 0 atom stereocenters. The highest BCUT2D eigenvalue weighted by atomic mass is 19.1. The van der Waals surface area contributed by atoms with Gasteiger partial charge in [-0.1, -0.05) is 42.5 Å². The first kappa shape index (κ1) is 19.8. The Morgan fingerprint density at radius 3 is 2.67 bits per heavy atom. The second-order valence-corrected chi connectivity index (χ2v) is 7.38. The van der Waals surface area contributed by atoms with Crippen LogP contribution in [0.1, 0.15) is 29.5 Å². The number of hydrogen-bond acceptors (Lipinski definition) is 2. The van der Waals surface area contributed by atoms with E-state index in [-0.39, 0.29) is 11.7 Å². The number of carbonyl (C=O) groups excluding carboxylic acids is 1. The van der Waals surface area contributed by atoms with Crippen molar-refractivity contribution < 1.29 is 9.18 Å². The van der Waals surface area contributed by atoms with Crippen molar-refractivity contribution in [1.82, 2.24) is 14.9 Å². The Morgan fingerprint density at radius 2 is 1.83 bits per heavy atom. The highest BCUT2D eigenvalue weighted by molar-refractivity contribution is 5.84. The fraction of sp³-hybridized carbons (Fsp3) is 0.200. The van der Waals surface area contributed by atoms with Crippen molar-refractivity contribution in [3.8, 4) is 0 Å². The molecule has 0 saturated carbocycles. The number of aryl methyl sites for hydroxylation is 1. The largest absolute Gasteiger partial charge is 0.352 e. The van der Waals surface area contributed by atoms with Gasteiger partial charge < -0.3 is 9.88 Å². The van der Waals surface area contributed by atoms with Crippen LogP contribution in [0.5, 0.6) is 0 Å². The van der Waals surface area contributed by atoms with E-state index in [1.807, 2.05) is 36.4 Å². The summed E-state index contributed by atoms with van der Waals surface area (Å²) in [4.78, 5) is 16.2. The molecule has 0 aliphatic rings. The molecule has 0 unspecified atom stereocenters. The number of nitrogens with one attached hydrogen (secondary N) is 1. The molecule has 4 rings (SSSR count). The van der Waals surface area contributed by atoms with Gasteiger partial charge in [-0.2, -0.15) is 0 Å². The summed E-state index contributed by atoms with van der Waals surface area (Å²) in [6.45, 7) is 0.980. The lowest BCUT2D eigenvalue weighted by Gasteiger charge is -2.06. The third kappa shape index (κ3) is 4.74. The first-order valence-corrected chi connectivity index (χ1v) is 10.2. The fourth-order valence-corrected chi connectivity index (χ4v) is 3.69. The summed E-state index contributed by atoms with van der Waals surface area (Å²) < 4.78 is 16.2. The molecule has 152 valence electrons. The third-order valence-corrected chi connectivity index (χ3v) is 5.23. The lowest BCUT2D eigenvalue weighted by atomic mass is 10.1. The van der Waals surface area contributed by atoms with Gasteiger partial charge in [0.25, 0.3) is 0 Å². The van der Waals surface area contributed by atoms with E-state index < -0.39 is 0 Å². The monoisotopic (exact) mass is 401 g/mol. The lowest BCUT2D eigenvalue weighted by Crippen LogP contribution is -2.22. The zero-order valence-electron chi connectivity index (χ0n) is 16.7. The quantitative estimate of drug-likeness (QED) is 0.458. The van der Waals surface area contributed by atoms with Crippen LogP contribution < -0.4 is 5.32 Å². The molecular weight excluding hydrogens is 377 g/mol. The Morgan fingerprint density at radius 1 is 1.00 bits per heavy atom. The van der Waals surface area contributed by atoms with Crippen LogP contribution in [0.25, 0.3) is 10.9 Å². The number of nitrogens with zero attached hydrogens (tertiary/aromatic N) is 2. The molecule has 0 fully saturated rings. The maximum atomic E-state index is 14.1. The number of pyridine rings is 1. The Balaban J connectivity index is 1.39. The van der Waals surface area contributed by atoms with Crippen LogP contribution in [0, 0.1) is 5.82 Å². The van der Waals surface area contributed by atoms with Crippen LogP contribution in [0.4, 0.5) is 4.39 Å². The lowest BCUT2D eigenvalue weighted by molar-refractivity contribution is -0.121. The van der Waals surface area contributed by atoms with E-state index in [0.29, 0.717) is 25.1 Å². The van der Waals surface area contributed by atoms with Gasteiger partial charge in [-0.15, -0.1) is 0 Å². The highest BCUT2D eigenvalue weighted by Crippen LogP contribution is 2.24. The van der Waals surface area contributed by atoms with Gasteiger partial charge in [-0.05, 0) is 42.2 Å². The number of amides is 1. The van der Waals surface area contributed by atoms with Crippen LogP contribution in [-0.2, 0) is 24.3 Å². The summed E-state index contributed by atoms with van der Waals surface area (Å²) >= 11 is 0. The van der Waals surface area contributed by atoms with Gasteiger partial charge in [-0.3, -0.25) is 9.78 Å². The number of fused-ring (bicyclic) bond motifs is 1. The summed E-state index contributed by atoms with van der Waals surface area (Å²) in [7, 11) is 0. The molecule has 4 aromatic rings. The Bertz CT molecular complexity index is 1140. The van der Waals surface area contributed by atoms with Gasteiger partial charge in [-0.25, -0.2) is 4.39 Å². The van der Waals surface area contributed by atoms with Gasteiger partial charge in [0.2, 0.25) is 5.91 Å². The number of para-hydroxylation sites is 1. The number of aromatic nitrogens is 2.